The van der Waals surface area contributed by atoms with E-state index in [2.05, 4.69) is 9.97 Å². The van der Waals surface area contributed by atoms with Gasteiger partial charge in [0, 0.05) is 37.5 Å². The molecule has 1 aromatic carbocycles. The molecule has 1 aliphatic rings. The number of hydrogen-bond donors (Lipinski definition) is 1. The number of benzene rings is 1. The van der Waals surface area contributed by atoms with Gasteiger partial charge in [0.15, 0.2) is 0 Å². The third-order valence-corrected chi connectivity index (χ3v) is 4.63. The average molecular weight is 335 g/mol. The van der Waals surface area contributed by atoms with Crippen molar-refractivity contribution in [3.63, 3.8) is 0 Å². The number of pyridine rings is 1. The lowest BCUT2D eigenvalue weighted by Crippen LogP contribution is -2.36. The van der Waals surface area contributed by atoms with Crippen molar-refractivity contribution in [2.75, 3.05) is 13.2 Å². The van der Waals surface area contributed by atoms with Crippen molar-refractivity contribution in [1.29, 1.82) is 0 Å². The fourth-order valence-corrected chi connectivity index (χ4v) is 3.36. The van der Waals surface area contributed by atoms with E-state index in [9.17, 15) is 4.79 Å². The number of amides is 1. The Hall–Kier alpha value is -2.66. The third-order valence-electron chi connectivity index (χ3n) is 4.63. The van der Waals surface area contributed by atoms with Gasteiger partial charge in [-0.1, -0.05) is 30.3 Å². The number of hydrogen-bond acceptors (Lipinski definition) is 3. The minimum atomic E-state index is 0.0126. The number of ether oxygens (including phenoxy) is 1. The largest absolute Gasteiger partial charge is 0.376 e. The van der Waals surface area contributed by atoms with Crippen LogP contribution in [0.4, 0.5) is 0 Å². The van der Waals surface area contributed by atoms with Crippen LogP contribution in [0, 0.1) is 0 Å². The van der Waals surface area contributed by atoms with Crippen LogP contribution < -0.4 is 0 Å². The number of aromatic amines is 1. The Labute approximate surface area is 146 Å². The van der Waals surface area contributed by atoms with Crippen molar-refractivity contribution in [1.82, 2.24) is 14.9 Å². The Kier molecular flexibility index (Phi) is 4.48. The molecular formula is C20H21N3O2. The van der Waals surface area contributed by atoms with Gasteiger partial charge in [-0.05, 0) is 30.5 Å². The SMILES string of the molecule is O=C(c1c[nH]c2ncccc12)N(Cc1ccccc1)CC1CCCO1. The van der Waals surface area contributed by atoms with Crippen LogP contribution in [0.3, 0.4) is 0 Å². The fourth-order valence-electron chi connectivity index (χ4n) is 3.36. The van der Waals surface area contributed by atoms with E-state index in [-0.39, 0.29) is 12.0 Å². The summed E-state index contributed by atoms with van der Waals surface area (Å²) < 4.78 is 5.76. The standard InChI is InChI=1S/C20H21N3O2/c24-20(18-12-22-19-17(18)9-4-10-21-19)23(14-16-8-5-11-25-16)13-15-6-2-1-3-7-15/h1-4,6-7,9-10,12,16H,5,8,11,13-14H2,(H,21,22). The summed E-state index contributed by atoms with van der Waals surface area (Å²) >= 11 is 0. The van der Waals surface area contributed by atoms with Gasteiger partial charge >= 0.3 is 0 Å². The number of H-pyrrole nitrogens is 1. The summed E-state index contributed by atoms with van der Waals surface area (Å²) in [4.78, 5) is 22.5. The molecule has 25 heavy (non-hydrogen) atoms. The number of rotatable bonds is 5. The summed E-state index contributed by atoms with van der Waals surface area (Å²) in [6.45, 7) is 1.97. The first-order valence-electron chi connectivity index (χ1n) is 8.68. The second kappa shape index (κ2) is 7.07. The molecule has 4 rings (SSSR count). The van der Waals surface area contributed by atoms with Gasteiger partial charge in [-0.2, -0.15) is 0 Å². The van der Waals surface area contributed by atoms with E-state index in [1.165, 1.54) is 0 Å². The monoisotopic (exact) mass is 335 g/mol. The van der Waals surface area contributed by atoms with Crippen LogP contribution in [0.1, 0.15) is 28.8 Å². The first-order chi connectivity index (χ1) is 12.3. The Morgan fingerprint density at radius 3 is 2.92 bits per heavy atom. The van der Waals surface area contributed by atoms with Gasteiger partial charge < -0.3 is 14.6 Å². The molecule has 1 unspecified atom stereocenters. The molecule has 0 saturated carbocycles. The van der Waals surface area contributed by atoms with Crippen molar-refractivity contribution in [3.05, 3.63) is 66.0 Å². The molecule has 5 nitrogen and oxygen atoms in total. The van der Waals surface area contributed by atoms with Gasteiger partial charge in [0.25, 0.3) is 5.91 Å². The summed E-state index contributed by atoms with van der Waals surface area (Å²) in [5.41, 5.74) is 2.52. The van der Waals surface area contributed by atoms with Gasteiger partial charge in [0.05, 0.1) is 11.7 Å². The first-order valence-corrected chi connectivity index (χ1v) is 8.68. The predicted molar refractivity (Wildman–Crippen MR) is 96.3 cm³/mol. The van der Waals surface area contributed by atoms with Gasteiger partial charge in [-0.15, -0.1) is 0 Å². The average Bonchev–Trinajstić information content (AvgIpc) is 3.31. The van der Waals surface area contributed by atoms with Crippen LogP contribution in [-0.2, 0) is 11.3 Å². The maximum atomic E-state index is 13.2. The molecular weight excluding hydrogens is 314 g/mol. The van der Waals surface area contributed by atoms with E-state index in [1.807, 2.05) is 47.4 Å². The second-order valence-electron chi connectivity index (χ2n) is 6.41. The Bertz CT molecular complexity index is 854. The normalized spacial score (nSPS) is 17.0. The van der Waals surface area contributed by atoms with Gasteiger partial charge in [-0.25, -0.2) is 4.98 Å². The molecule has 1 atom stereocenters. The molecule has 3 aromatic rings. The zero-order chi connectivity index (χ0) is 17.1. The molecule has 0 radical (unpaired) electrons. The maximum absolute atomic E-state index is 13.2. The van der Waals surface area contributed by atoms with Crippen molar-refractivity contribution in [2.45, 2.75) is 25.5 Å². The Morgan fingerprint density at radius 1 is 1.24 bits per heavy atom. The quantitative estimate of drug-likeness (QED) is 0.777. The number of nitrogens with one attached hydrogen (secondary N) is 1. The zero-order valence-corrected chi connectivity index (χ0v) is 14.0. The second-order valence-corrected chi connectivity index (χ2v) is 6.41. The topological polar surface area (TPSA) is 58.2 Å². The summed E-state index contributed by atoms with van der Waals surface area (Å²) in [5, 5.41) is 0.859. The molecule has 1 N–H and O–H groups in total. The van der Waals surface area contributed by atoms with Gasteiger partial charge in [0.1, 0.15) is 5.65 Å². The van der Waals surface area contributed by atoms with Crippen molar-refractivity contribution >= 4 is 16.9 Å². The first kappa shape index (κ1) is 15.8. The summed E-state index contributed by atoms with van der Waals surface area (Å²) in [7, 11) is 0. The van der Waals surface area contributed by atoms with Gasteiger partial charge in [-0.3, -0.25) is 4.79 Å². The molecule has 0 spiro atoms. The van der Waals surface area contributed by atoms with E-state index >= 15 is 0 Å². The highest BCUT2D eigenvalue weighted by Gasteiger charge is 2.25. The van der Waals surface area contributed by atoms with Crippen molar-refractivity contribution in [2.24, 2.45) is 0 Å². The summed E-state index contributed by atoms with van der Waals surface area (Å²) in [6.07, 6.45) is 5.67. The van der Waals surface area contributed by atoms with E-state index in [0.29, 0.717) is 18.7 Å². The molecule has 1 saturated heterocycles. The summed E-state index contributed by atoms with van der Waals surface area (Å²) in [6, 6.07) is 13.9. The molecule has 1 fully saturated rings. The van der Waals surface area contributed by atoms with Crippen LogP contribution in [-0.4, -0.2) is 40.0 Å². The molecule has 5 heteroatoms. The zero-order valence-electron chi connectivity index (χ0n) is 14.0. The molecule has 128 valence electrons. The van der Waals surface area contributed by atoms with Gasteiger partial charge in [0.2, 0.25) is 0 Å². The smallest absolute Gasteiger partial charge is 0.256 e. The molecule has 3 heterocycles. The molecule has 2 aromatic heterocycles. The predicted octanol–water partition coefficient (Wildman–Crippen LogP) is 3.38. The highest BCUT2D eigenvalue weighted by Crippen LogP contribution is 2.21. The van der Waals surface area contributed by atoms with E-state index in [1.54, 1.807) is 12.4 Å². The van der Waals surface area contributed by atoms with E-state index in [0.717, 1.165) is 36.0 Å². The lowest BCUT2D eigenvalue weighted by Gasteiger charge is -2.25. The fraction of sp³-hybridized carbons (Fsp3) is 0.300. The van der Waals surface area contributed by atoms with Crippen molar-refractivity contribution in [3.8, 4) is 0 Å². The summed E-state index contributed by atoms with van der Waals surface area (Å²) in [5.74, 6) is 0.0126. The lowest BCUT2D eigenvalue weighted by atomic mass is 10.1. The maximum Gasteiger partial charge on any atom is 0.256 e. The number of fused-ring (bicyclic) bond motifs is 1. The van der Waals surface area contributed by atoms with Crippen LogP contribution in [0.25, 0.3) is 11.0 Å². The Balaban J connectivity index is 1.62. The van der Waals surface area contributed by atoms with Crippen molar-refractivity contribution < 1.29 is 9.53 Å². The van der Waals surface area contributed by atoms with Crippen LogP contribution in [0.2, 0.25) is 0 Å². The highest BCUT2D eigenvalue weighted by atomic mass is 16.5. The Morgan fingerprint density at radius 2 is 2.12 bits per heavy atom. The number of carbonyl (C=O) groups is 1. The van der Waals surface area contributed by atoms with Crippen LogP contribution >= 0.6 is 0 Å². The number of nitrogens with zero attached hydrogens (tertiary/aromatic N) is 2. The van der Waals surface area contributed by atoms with E-state index < -0.39 is 0 Å². The molecule has 1 aliphatic heterocycles. The third kappa shape index (κ3) is 3.42. The minimum absolute atomic E-state index is 0.0126. The molecule has 0 aliphatic carbocycles. The molecule has 1 amide bonds. The highest BCUT2D eigenvalue weighted by molar-refractivity contribution is 6.05. The lowest BCUT2D eigenvalue weighted by molar-refractivity contribution is 0.0509. The van der Waals surface area contributed by atoms with Crippen LogP contribution in [0.15, 0.2) is 54.9 Å². The minimum Gasteiger partial charge on any atom is -0.376 e. The van der Waals surface area contributed by atoms with E-state index in [4.69, 9.17) is 4.74 Å². The molecule has 0 bridgehead atoms. The van der Waals surface area contributed by atoms with Crippen LogP contribution in [0.5, 0.6) is 0 Å². The number of carbonyl (C=O) groups excluding carboxylic acids is 1. The number of aromatic nitrogens is 2.